The number of ether oxygens (including phenoxy) is 1. The average molecular weight is 344 g/mol. The van der Waals surface area contributed by atoms with E-state index in [-0.39, 0.29) is 12.4 Å². The smallest absolute Gasteiger partial charge is 0.218 e. The zero-order valence-electron chi connectivity index (χ0n) is 13.2. The molecule has 0 radical (unpaired) electrons. The van der Waals surface area contributed by atoms with E-state index in [4.69, 9.17) is 16.3 Å². The van der Waals surface area contributed by atoms with Crippen LogP contribution in [0, 0.1) is 5.92 Å². The van der Waals surface area contributed by atoms with Crippen molar-refractivity contribution in [2.45, 2.75) is 33.4 Å². The van der Waals surface area contributed by atoms with Crippen LogP contribution < -0.4 is 10.1 Å². The second-order valence-corrected chi connectivity index (χ2v) is 5.90. The van der Waals surface area contributed by atoms with E-state index in [1.54, 1.807) is 0 Å². The molecule has 122 valence electrons. The molecule has 1 heterocycles. The molecule has 0 fully saturated rings. The molecule has 0 atom stereocenters. The van der Waals surface area contributed by atoms with Gasteiger partial charge in [0, 0.05) is 24.2 Å². The van der Waals surface area contributed by atoms with Gasteiger partial charge in [-0.05, 0) is 43.7 Å². The zero-order valence-corrected chi connectivity index (χ0v) is 14.7. The first-order chi connectivity index (χ1) is 10.1. The standard InChI is InChI=1S/C16H22ClN3O.ClH/c1-12(2)8-9-20-16(10-14(19-20)11-18-3)21-15-6-4-13(17)5-7-15;/h4-7,10,12,18H,8-9,11H2,1-3H3;1H. The van der Waals surface area contributed by atoms with Gasteiger partial charge in [0.25, 0.3) is 0 Å². The van der Waals surface area contributed by atoms with Crippen LogP contribution >= 0.6 is 24.0 Å². The van der Waals surface area contributed by atoms with E-state index in [2.05, 4.69) is 24.3 Å². The number of nitrogens with zero attached hydrogens (tertiary/aromatic N) is 2. The summed E-state index contributed by atoms with van der Waals surface area (Å²) >= 11 is 5.89. The molecule has 0 aliphatic rings. The fourth-order valence-electron chi connectivity index (χ4n) is 1.96. The van der Waals surface area contributed by atoms with E-state index >= 15 is 0 Å². The quantitative estimate of drug-likeness (QED) is 0.803. The van der Waals surface area contributed by atoms with Crippen LogP contribution in [0.25, 0.3) is 0 Å². The number of benzene rings is 1. The lowest BCUT2D eigenvalue weighted by molar-refractivity contribution is 0.390. The number of hydrogen-bond acceptors (Lipinski definition) is 3. The first-order valence-corrected chi connectivity index (χ1v) is 7.61. The maximum absolute atomic E-state index is 5.94. The molecule has 1 aromatic heterocycles. The van der Waals surface area contributed by atoms with Crippen molar-refractivity contribution < 1.29 is 4.74 Å². The molecule has 1 N–H and O–H groups in total. The molecule has 4 nitrogen and oxygen atoms in total. The van der Waals surface area contributed by atoms with Gasteiger partial charge in [-0.3, -0.25) is 0 Å². The predicted molar refractivity (Wildman–Crippen MR) is 93.2 cm³/mol. The normalized spacial score (nSPS) is 10.6. The van der Waals surface area contributed by atoms with Gasteiger partial charge in [0.05, 0.1) is 5.69 Å². The minimum atomic E-state index is 0. The minimum Gasteiger partial charge on any atom is -0.439 e. The second kappa shape index (κ2) is 9.03. The largest absolute Gasteiger partial charge is 0.439 e. The molecular formula is C16H23Cl2N3O. The van der Waals surface area contributed by atoms with Gasteiger partial charge in [-0.2, -0.15) is 5.10 Å². The number of aryl methyl sites for hydroxylation is 1. The van der Waals surface area contributed by atoms with Crippen molar-refractivity contribution in [2.75, 3.05) is 7.05 Å². The van der Waals surface area contributed by atoms with E-state index in [9.17, 15) is 0 Å². The third kappa shape index (κ3) is 5.52. The van der Waals surface area contributed by atoms with Crippen LogP contribution in [0.15, 0.2) is 30.3 Å². The van der Waals surface area contributed by atoms with Crippen molar-refractivity contribution in [1.82, 2.24) is 15.1 Å². The Hall–Kier alpha value is -1.23. The Morgan fingerprint density at radius 1 is 1.27 bits per heavy atom. The van der Waals surface area contributed by atoms with Gasteiger partial charge < -0.3 is 10.1 Å². The SMILES string of the molecule is CNCc1cc(Oc2ccc(Cl)cc2)n(CCC(C)C)n1.Cl. The van der Waals surface area contributed by atoms with Crippen LogP contribution in [-0.2, 0) is 13.1 Å². The van der Waals surface area contributed by atoms with Crippen LogP contribution in [0.3, 0.4) is 0 Å². The summed E-state index contributed by atoms with van der Waals surface area (Å²) in [6, 6.07) is 9.34. The number of halogens is 2. The Morgan fingerprint density at radius 3 is 2.55 bits per heavy atom. The summed E-state index contributed by atoms with van der Waals surface area (Å²) < 4.78 is 7.87. The highest BCUT2D eigenvalue weighted by Gasteiger charge is 2.10. The van der Waals surface area contributed by atoms with Gasteiger partial charge in [0.1, 0.15) is 5.75 Å². The lowest BCUT2D eigenvalue weighted by Gasteiger charge is -2.10. The van der Waals surface area contributed by atoms with Crippen LogP contribution in [-0.4, -0.2) is 16.8 Å². The molecule has 2 aromatic rings. The second-order valence-electron chi connectivity index (χ2n) is 5.47. The highest BCUT2D eigenvalue weighted by Crippen LogP contribution is 2.24. The monoisotopic (exact) mass is 343 g/mol. The maximum atomic E-state index is 5.94. The van der Waals surface area contributed by atoms with Crippen LogP contribution in [0.2, 0.25) is 5.02 Å². The molecule has 0 saturated carbocycles. The summed E-state index contributed by atoms with van der Waals surface area (Å²) in [5.74, 6) is 2.16. The van der Waals surface area contributed by atoms with Gasteiger partial charge in [-0.15, -0.1) is 12.4 Å². The minimum absolute atomic E-state index is 0. The first kappa shape index (κ1) is 18.8. The summed E-state index contributed by atoms with van der Waals surface area (Å²) in [6.45, 7) is 5.99. The molecule has 0 amide bonds. The van der Waals surface area contributed by atoms with Gasteiger partial charge in [0.15, 0.2) is 0 Å². The first-order valence-electron chi connectivity index (χ1n) is 7.23. The number of aromatic nitrogens is 2. The van der Waals surface area contributed by atoms with Crippen LogP contribution in [0.1, 0.15) is 26.0 Å². The molecule has 6 heteroatoms. The molecule has 0 bridgehead atoms. The van der Waals surface area contributed by atoms with E-state index in [1.165, 1.54) is 0 Å². The highest BCUT2D eigenvalue weighted by molar-refractivity contribution is 6.30. The maximum Gasteiger partial charge on any atom is 0.218 e. The van der Waals surface area contributed by atoms with Crippen LogP contribution in [0.4, 0.5) is 0 Å². The Morgan fingerprint density at radius 2 is 1.95 bits per heavy atom. The van der Waals surface area contributed by atoms with Crippen molar-refractivity contribution in [1.29, 1.82) is 0 Å². The predicted octanol–water partition coefficient (Wildman–Crippen LogP) is 4.52. The molecule has 0 spiro atoms. The van der Waals surface area contributed by atoms with Crippen LogP contribution in [0.5, 0.6) is 11.6 Å². The van der Waals surface area contributed by atoms with E-state index in [0.717, 1.165) is 36.8 Å². The molecule has 0 aliphatic heterocycles. The Labute approximate surface area is 143 Å². The summed E-state index contributed by atoms with van der Waals surface area (Å²) in [4.78, 5) is 0. The molecule has 0 saturated heterocycles. The van der Waals surface area contributed by atoms with Gasteiger partial charge >= 0.3 is 0 Å². The average Bonchev–Trinajstić information content (AvgIpc) is 2.81. The van der Waals surface area contributed by atoms with E-state index < -0.39 is 0 Å². The summed E-state index contributed by atoms with van der Waals surface area (Å²) in [5.41, 5.74) is 0.977. The Balaban J connectivity index is 0.00000242. The number of hydrogen-bond donors (Lipinski definition) is 1. The van der Waals surface area contributed by atoms with E-state index in [1.807, 2.05) is 42.1 Å². The zero-order chi connectivity index (χ0) is 15.2. The third-order valence-electron chi connectivity index (χ3n) is 3.11. The third-order valence-corrected chi connectivity index (χ3v) is 3.36. The van der Waals surface area contributed by atoms with E-state index in [0.29, 0.717) is 10.9 Å². The highest BCUT2D eigenvalue weighted by atomic mass is 35.5. The van der Waals surface area contributed by atoms with Gasteiger partial charge in [-0.25, -0.2) is 4.68 Å². The number of rotatable bonds is 7. The van der Waals surface area contributed by atoms with Crippen molar-refractivity contribution in [3.63, 3.8) is 0 Å². The molecule has 2 rings (SSSR count). The molecular weight excluding hydrogens is 321 g/mol. The lowest BCUT2D eigenvalue weighted by atomic mass is 10.1. The molecule has 0 unspecified atom stereocenters. The van der Waals surface area contributed by atoms with Crippen molar-refractivity contribution in [3.05, 3.63) is 41.0 Å². The fourth-order valence-corrected chi connectivity index (χ4v) is 2.09. The lowest BCUT2D eigenvalue weighted by Crippen LogP contribution is -2.08. The summed E-state index contributed by atoms with van der Waals surface area (Å²) in [5, 5.41) is 8.40. The molecule has 0 aliphatic carbocycles. The fraction of sp³-hybridized carbons (Fsp3) is 0.438. The van der Waals surface area contributed by atoms with Crippen molar-refractivity contribution in [2.24, 2.45) is 5.92 Å². The summed E-state index contributed by atoms with van der Waals surface area (Å²) in [7, 11) is 1.91. The molecule has 22 heavy (non-hydrogen) atoms. The van der Waals surface area contributed by atoms with Gasteiger partial charge in [-0.1, -0.05) is 25.4 Å². The van der Waals surface area contributed by atoms with Crippen molar-refractivity contribution >= 4 is 24.0 Å². The summed E-state index contributed by atoms with van der Waals surface area (Å²) in [6.07, 6.45) is 1.07. The Bertz CT molecular complexity index is 567. The van der Waals surface area contributed by atoms with Crippen molar-refractivity contribution in [3.8, 4) is 11.6 Å². The number of nitrogens with one attached hydrogen (secondary N) is 1. The van der Waals surface area contributed by atoms with Gasteiger partial charge in [0.2, 0.25) is 5.88 Å². The molecule has 1 aromatic carbocycles. The Kier molecular flexibility index (Phi) is 7.73. The topological polar surface area (TPSA) is 39.1 Å².